The molecule has 1 aromatic carbocycles. The molecule has 2 atom stereocenters. The van der Waals surface area contributed by atoms with E-state index in [1.54, 1.807) is 0 Å². The summed E-state index contributed by atoms with van der Waals surface area (Å²) < 4.78 is 0. The van der Waals surface area contributed by atoms with Crippen LogP contribution in [-0.2, 0) is 11.2 Å². The molecule has 0 spiro atoms. The van der Waals surface area contributed by atoms with Gasteiger partial charge in [0, 0.05) is 0 Å². The Labute approximate surface area is 88.0 Å². The number of hydrogen-bond donors (Lipinski definition) is 1. The van der Waals surface area contributed by atoms with Gasteiger partial charge in [-0.05, 0) is 18.4 Å². The van der Waals surface area contributed by atoms with Gasteiger partial charge in [0.15, 0.2) is 0 Å². The topological polar surface area (TPSA) is 61.1 Å². The minimum absolute atomic E-state index is 0.324. The molecule has 2 rings (SSSR count). The number of nitrogens with zero attached hydrogens (tertiary/aromatic N) is 1. The Kier molecular flexibility index (Phi) is 2.20. The van der Waals surface area contributed by atoms with Crippen LogP contribution in [0.15, 0.2) is 30.3 Å². The Hall–Kier alpha value is -1.82. The van der Waals surface area contributed by atoms with Gasteiger partial charge in [0.25, 0.3) is 0 Å². The van der Waals surface area contributed by atoms with Crippen molar-refractivity contribution >= 4 is 5.97 Å². The molecular weight excluding hydrogens is 190 g/mol. The highest BCUT2D eigenvalue weighted by molar-refractivity contribution is 5.80. The zero-order chi connectivity index (χ0) is 10.9. The van der Waals surface area contributed by atoms with Gasteiger partial charge in [0.2, 0.25) is 0 Å². The lowest BCUT2D eigenvalue weighted by Gasteiger charge is -2.09. The molecule has 1 fully saturated rings. The van der Waals surface area contributed by atoms with Crippen molar-refractivity contribution in [2.45, 2.75) is 12.8 Å². The average molecular weight is 201 g/mol. The van der Waals surface area contributed by atoms with Gasteiger partial charge in [-0.15, -0.1) is 0 Å². The first-order valence-electron chi connectivity index (χ1n) is 4.86. The Morgan fingerprint density at radius 3 is 2.67 bits per heavy atom. The van der Waals surface area contributed by atoms with Crippen LogP contribution in [-0.4, -0.2) is 11.1 Å². The highest BCUT2D eigenvalue weighted by Gasteiger charge is 2.60. The van der Waals surface area contributed by atoms with Crippen LogP contribution in [0.25, 0.3) is 0 Å². The van der Waals surface area contributed by atoms with Crippen molar-refractivity contribution < 1.29 is 9.90 Å². The van der Waals surface area contributed by atoms with E-state index in [4.69, 9.17) is 10.4 Å². The monoisotopic (exact) mass is 201 g/mol. The minimum atomic E-state index is -0.849. The first-order valence-corrected chi connectivity index (χ1v) is 4.86. The fourth-order valence-corrected chi connectivity index (χ4v) is 1.94. The highest BCUT2D eigenvalue weighted by Crippen LogP contribution is 2.54. The molecule has 0 bridgehead atoms. The third-order valence-electron chi connectivity index (χ3n) is 3.02. The fourth-order valence-electron chi connectivity index (χ4n) is 1.94. The smallest absolute Gasteiger partial charge is 0.311 e. The van der Waals surface area contributed by atoms with Gasteiger partial charge >= 0.3 is 5.97 Å². The molecule has 1 N–H and O–H groups in total. The Morgan fingerprint density at radius 2 is 2.20 bits per heavy atom. The van der Waals surface area contributed by atoms with Crippen molar-refractivity contribution in [2.75, 3.05) is 0 Å². The molecule has 76 valence electrons. The van der Waals surface area contributed by atoms with E-state index in [1.165, 1.54) is 0 Å². The second kappa shape index (κ2) is 3.39. The molecule has 1 aliphatic carbocycles. The standard InChI is InChI=1S/C12H11NO2/c13-8-10-7-12(10,11(14)15)6-9-4-2-1-3-5-9/h1-5,10H,6-7H2,(H,14,15). The fraction of sp³-hybridized carbons (Fsp3) is 0.333. The number of carboxylic acid groups (broad SMARTS) is 1. The largest absolute Gasteiger partial charge is 0.481 e. The van der Waals surface area contributed by atoms with Gasteiger partial charge in [0.1, 0.15) is 0 Å². The second-order valence-corrected chi connectivity index (χ2v) is 4.01. The lowest BCUT2D eigenvalue weighted by molar-refractivity contribution is -0.143. The van der Waals surface area contributed by atoms with Gasteiger partial charge in [-0.2, -0.15) is 5.26 Å². The molecule has 0 aromatic heterocycles. The summed E-state index contributed by atoms with van der Waals surface area (Å²) in [7, 11) is 0. The lowest BCUT2D eigenvalue weighted by Crippen LogP contribution is -2.20. The number of nitriles is 1. The van der Waals surface area contributed by atoms with Crippen molar-refractivity contribution in [3.63, 3.8) is 0 Å². The van der Waals surface area contributed by atoms with Crippen LogP contribution >= 0.6 is 0 Å². The van der Waals surface area contributed by atoms with E-state index in [0.29, 0.717) is 12.8 Å². The van der Waals surface area contributed by atoms with Gasteiger partial charge in [-0.25, -0.2) is 0 Å². The number of carbonyl (C=O) groups is 1. The molecular formula is C12H11NO2. The molecule has 2 unspecified atom stereocenters. The van der Waals surface area contributed by atoms with Crippen molar-refractivity contribution in [1.29, 1.82) is 5.26 Å². The number of hydrogen-bond acceptors (Lipinski definition) is 2. The number of benzene rings is 1. The Balaban J connectivity index is 2.18. The van der Waals surface area contributed by atoms with Crippen molar-refractivity contribution in [3.8, 4) is 6.07 Å². The summed E-state index contributed by atoms with van der Waals surface area (Å²) in [6, 6.07) is 11.5. The second-order valence-electron chi connectivity index (χ2n) is 4.01. The molecule has 1 aromatic rings. The summed E-state index contributed by atoms with van der Waals surface area (Å²) in [5.74, 6) is -1.17. The van der Waals surface area contributed by atoms with Crippen molar-refractivity contribution in [1.82, 2.24) is 0 Å². The summed E-state index contributed by atoms with van der Waals surface area (Å²) >= 11 is 0. The molecule has 15 heavy (non-hydrogen) atoms. The first kappa shape index (κ1) is 9.72. The molecule has 1 aliphatic rings. The Morgan fingerprint density at radius 1 is 1.53 bits per heavy atom. The average Bonchev–Trinajstić information content (AvgIpc) is 2.94. The van der Waals surface area contributed by atoms with Crippen molar-refractivity contribution in [2.24, 2.45) is 11.3 Å². The van der Waals surface area contributed by atoms with E-state index in [-0.39, 0.29) is 5.92 Å². The molecule has 0 aliphatic heterocycles. The number of carboxylic acids is 1. The molecule has 3 nitrogen and oxygen atoms in total. The summed E-state index contributed by atoms with van der Waals surface area (Å²) in [4.78, 5) is 11.1. The van der Waals surface area contributed by atoms with Gasteiger partial charge in [-0.3, -0.25) is 4.79 Å². The van der Waals surface area contributed by atoms with Gasteiger partial charge in [-0.1, -0.05) is 30.3 Å². The van der Waals surface area contributed by atoms with Crippen LogP contribution < -0.4 is 0 Å². The quantitative estimate of drug-likeness (QED) is 0.811. The molecule has 0 heterocycles. The van der Waals surface area contributed by atoms with Crippen LogP contribution in [0.3, 0.4) is 0 Å². The zero-order valence-electron chi connectivity index (χ0n) is 8.18. The summed E-state index contributed by atoms with van der Waals surface area (Å²) in [5.41, 5.74) is 0.161. The zero-order valence-corrected chi connectivity index (χ0v) is 8.18. The SMILES string of the molecule is N#CC1CC1(Cc1ccccc1)C(=O)O. The van der Waals surface area contributed by atoms with Gasteiger partial charge < -0.3 is 5.11 Å². The summed E-state index contributed by atoms with van der Waals surface area (Å²) in [6.45, 7) is 0. The van der Waals surface area contributed by atoms with Crippen LogP contribution in [0.1, 0.15) is 12.0 Å². The molecule has 3 heteroatoms. The van der Waals surface area contributed by atoms with Gasteiger partial charge in [0.05, 0.1) is 17.4 Å². The predicted octanol–water partition coefficient (Wildman–Crippen LogP) is 1.84. The van der Waals surface area contributed by atoms with E-state index in [0.717, 1.165) is 5.56 Å². The Bertz CT molecular complexity index is 421. The molecule has 0 radical (unpaired) electrons. The third kappa shape index (κ3) is 1.59. The summed E-state index contributed by atoms with van der Waals surface area (Å²) in [6.07, 6.45) is 0.940. The highest BCUT2D eigenvalue weighted by atomic mass is 16.4. The van der Waals surface area contributed by atoms with Crippen LogP contribution in [0.2, 0.25) is 0 Å². The summed E-state index contributed by atoms with van der Waals surface area (Å²) in [5, 5.41) is 17.9. The number of aliphatic carboxylic acids is 1. The van der Waals surface area contributed by atoms with E-state index in [2.05, 4.69) is 6.07 Å². The lowest BCUT2D eigenvalue weighted by atomic mass is 9.94. The first-order chi connectivity index (χ1) is 7.19. The maximum Gasteiger partial charge on any atom is 0.311 e. The van der Waals surface area contributed by atoms with Crippen LogP contribution in [0.4, 0.5) is 0 Å². The molecule has 0 saturated heterocycles. The van der Waals surface area contributed by atoms with E-state index in [9.17, 15) is 4.79 Å². The normalized spacial score (nSPS) is 28.1. The maximum atomic E-state index is 11.1. The van der Waals surface area contributed by atoms with Crippen LogP contribution in [0.5, 0.6) is 0 Å². The van der Waals surface area contributed by atoms with Crippen molar-refractivity contribution in [3.05, 3.63) is 35.9 Å². The van der Waals surface area contributed by atoms with Crippen LogP contribution in [0, 0.1) is 22.7 Å². The van der Waals surface area contributed by atoms with E-state index >= 15 is 0 Å². The molecule has 0 amide bonds. The van der Waals surface area contributed by atoms with E-state index in [1.807, 2.05) is 30.3 Å². The predicted molar refractivity (Wildman–Crippen MR) is 53.9 cm³/mol. The minimum Gasteiger partial charge on any atom is -0.481 e. The third-order valence-corrected chi connectivity index (χ3v) is 3.02. The maximum absolute atomic E-state index is 11.1. The molecule has 1 saturated carbocycles. The number of rotatable bonds is 3. The van der Waals surface area contributed by atoms with E-state index < -0.39 is 11.4 Å².